The van der Waals surface area contributed by atoms with Crippen molar-refractivity contribution in [2.24, 2.45) is 13.0 Å². The average Bonchev–Trinajstić information content (AvgIpc) is 3.07. The van der Waals surface area contributed by atoms with Crippen molar-refractivity contribution >= 4 is 11.7 Å². The Balaban J connectivity index is 1.55. The molecule has 2 aromatic rings. The normalized spacial score (nSPS) is 15.8. The lowest BCUT2D eigenvalue weighted by Crippen LogP contribution is -2.40. The molecule has 0 spiro atoms. The maximum absolute atomic E-state index is 12.9. The smallest absolute Gasteiger partial charge is 0.357 e. The van der Waals surface area contributed by atoms with Crippen LogP contribution in [0.15, 0.2) is 30.9 Å². The summed E-state index contributed by atoms with van der Waals surface area (Å²) < 4.78 is 40.3. The Hall–Kier alpha value is -2.58. The van der Waals surface area contributed by atoms with E-state index in [0.717, 1.165) is 25.0 Å². The maximum atomic E-state index is 12.9. The van der Waals surface area contributed by atoms with Crippen LogP contribution in [0.4, 0.5) is 19.0 Å². The van der Waals surface area contributed by atoms with Crippen molar-refractivity contribution < 1.29 is 18.0 Å². The van der Waals surface area contributed by atoms with E-state index in [-0.39, 0.29) is 5.91 Å². The Bertz CT molecular complexity index is 796. The number of carbonyl (C=O) groups is 1. The van der Waals surface area contributed by atoms with Crippen molar-refractivity contribution in [1.82, 2.24) is 19.4 Å². The van der Waals surface area contributed by atoms with E-state index in [0.29, 0.717) is 37.1 Å². The van der Waals surface area contributed by atoms with Gasteiger partial charge in [-0.05, 0) is 30.9 Å². The molecule has 0 unspecified atom stereocenters. The summed E-state index contributed by atoms with van der Waals surface area (Å²) in [6.07, 6.45) is 1.67. The number of halogens is 3. The van der Waals surface area contributed by atoms with Gasteiger partial charge < -0.3 is 14.4 Å². The van der Waals surface area contributed by atoms with Gasteiger partial charge in [-0.15, -0.1) is 0 Å². The molecular weight excluding hydrogens is 359 g/mol. The highest BCUT2D eigenvalue weighted by Crippen LogP contribution is 2.31. The zero-order valence-electron chi connectivity index (χ0n) is 15.3. The Labute approximate surface area is 155 Å². The minimum atomic E-state index is -4.37. The van der Waals surface area contributed by atoms with E-state index < -0.39 is 11.7 Å². The molecule has 0 bridgehead atoms. The molecule has 9 heteroatoms. The average molecular weight is 381 g/mol. The van der Waals surface area contributed by atoms with Gasteiger partial charge in [0.05, 0.1) is 11.9 Å². The van der Waals surface area contributed by atoms with Crippen LogP contribution in [-0.2, 0) is 13.2 Å². The predicted molar refractivity (Wildman–Crippen MR) is 94.3 cm³/mol. The van der Waals surface area contributed by atoms with Gasteiger partial charge >= 0.3 is 6.18 Å². The SMILES string of the molecule is CN(CC1CCN(c2cc(C(F)(F)F)ccn2)CC1)C(=O)c1cn(C)cn1. The zero-order chi connectivity index (χ0) is 19.6. The van der Waals surface area contributed by atoms with Crippen LogP contribution in [0.25, 0.3) is 0 Å². The number of amides is 1. The van der Waals surface area contributed by atoms with Crippen molar-refractivity contribution in [2.45, 2.75) is 19.0 Å². The number of carbonyl (C=O) groups excluding carboxylic acids is 1. The van der Waals surface area contributed by atoms with Gasteiger partial charge in [-0.2, -0.15) is 13.2 Å². The topological polar surface area (TPSA) is 54.3 Å². The zero-order valence-corrected chi connectivity index (χ0v) is 15.3. The Morgan fingerprint density at radius 3 is 2.59 bits per heavy atom. The molecule has 1 fully saturated rings. The standard InChI is InChI=1S/C18H22F3N5O/c1-24-11-15(23-12-24)17(27)25(2)10-13-4-7-26(8-5-13)16-9-14(3-6-22-16)18(19,20)21/h3,6,9,11-13H,4-5,7-8,10H2,1-2H3. The molecule has 0 aromatic carbocycles. The van der Waals surface area contributed by atoms with Crippen LogP contribution in [0.1, 0.15) is 28.9 Å². The molecule has 0 N–H and O–H groups in total. The number of aryl methyl sites for hydroxylation is 1. The molecule has 0 aliphatic carbocycles. The highest BCUT2D eigenvalue weighted by Gasteiger charge is 2.32. The third-order valence-electron chi connectivity index (χ3n) is 4.81. The Morgan fingerprint density at radius 1 is 1.30 bits per heavy atom. The molecule has 6 nitrogen and oxygen atoms in total. The lowest BCUT2D eigenvalue weighted by atomic mass is 9.96. The number of piperidine rings is 1. The Morgan fingerprint density at radius 2 is 2.00 bits per heavy atom. The van der Waals surface area contributed by atoms with Crippen LogP contribution in [0, 0.1) is 5.92 Å². The molecule has 2 aromatic heterocycles. The lowest BCUT2D eigenvalue weighted by Gasteiger charge is -2.34. The maximum Gasteiger partial charge on any atom is 0.416 e. The molecule has 146 valence electrons. The molecule has 0 atom stereocenters. The summed E-state index contributed by atoms with van der Waals surface area (Å²) in [7, 11) is 3.55. The summed E-state index contributed by atoms with van der Waals surface area (Å²) in [6.45, 7) is 1.83. The predicted octanol–water partition coefficient (Wildman–Crippen LogP) is 2.82. The molecule has 1 amide bonds. The number of hydrogen-bond acceptors (Lipinski definition) is 4. The highest BCUT2D eigenvalue weighted by molar-refractivity contribution is 5.91. The highest BCUT2D eigenvalue weighted by atomic mass is 19.4. The van der Waals surface area contributed by atoms with E-state index in [9.17, 15) is 18.0 Å². The number of hydrogen-bond donors (Lipinski definition) is 0. The first kappa shape index (κ1) is 19.2. The van der Waals surface area contributed by atoms with Crippen LogP contribution in [-0.4, -0.2) is 52.0 Å². The van der Waals surface area contributed by atoms with Gasteiger partial charge in [-0.3, -0.25) is 4.79 Å². The van der Waals surface area contributed by atoms with E-state index in [2.05, 4.69) is 9.97 Å². The minimum Gasteiger partial charge on any atom is -0.357 e. The summed E-state index contributed by atoms with van der Waals surface area (Å²) in [6, 6.07) is 2.07. The molecule has 1 aliphatic rings. The minimum absolute atomic E-state index is 0.127. The fourth-order valence-electron chi connectivity index (χ4n) is 3.30. The van der Waals surface area contributed by atoms with Crippen LogP contribution in [0.5, 0.6) is 0 Å². The van der Waals surface area contributed by atoms with Crippen LogP contribution < -0.4 is 4.90 Å². The number of imidazole rings is 1. The van der Waals surface area contributed by atoms with Crippen LogP contribution >= 0.6 is 0 Å². The molecule has 1 aliphatic heterocycles. The number of nitrogens with zero attached hydrogens (tertiary/aromatic N) is 5. The molecule has 1 saturated heterocycles. The monoisotopic (exact) mass is 381 g/mol. The first-order valence-corrected chi connectivity index (χ1v) is 8.75. The molecule has 0 radical (unpaired) electrons. The van der Waals surface area contributed by atoms with E-state index in [1.165, 1.54) is 6.20 Å². The number of pyridine rings is 1. The van der Waals surface area contributed by atoms with Gasteiger partial charge in [0.15, 0.2) is 0 Å². The van der Waals surface area contributed by atoms with Crippen molar-refractivity contribution in [3.05, 3.63) is 42.1 Å². The van der Waals surface area contributed by atoms with Crippen molar-refractivity contribution in [1.29, 1.82) is 0 Å². The second-order valence-corrected chi connectivity index (χ2v) is 6.94. The molecular formula is C18H22F3N5O. The van der Waals surface area contributed by atoms with Gasteiger partial charge in [0.25, 0.3) is 5.91 Å². The van der Waals surface area contributed by atoms with E-state index in [1.807, 2.05) is 4.90 Å². The fraction of sp³-hybridized carbons (Fsp3) is 0.500. The largest absolute Gasteiger partial charge is 0.416 e. The fourth-order valence-corrected chi connectivity index (χ4v) is 3.30. The molecule has 0 saturated carbocycles. The first-order valence-electron chi connectivity index (χ1n) is 8.75. The van der Waals surface area contributed by atoms with Crippen molar-refractivity contribution in [2.75, 3.05) is 31.6 Å². The van der Waals surface area contributed by atoms with Gasteiger partial charge in [-0.25, -0.2) is 9.97 Å². The molecule has 3 heterocycles. The second-order valence-electron chi connectivity index (χ2n) is 6.94. The van der Waals surface area contributed by atoms with E-state index in [1.54, 1.807) is 36.1 Å². The summed E-state index contributed by atoms with van der Waals surface area (Å²) >= 11 is 0. The van der Waals surface area contributed by atoms with E-state index in [4.69, 9.17) is 0 Å². The van der Waals surface area contributed by atoms with Gasteiger partial charge in [0, 0.05) is 46.1 Å². The summed E-state index contributed by atoms with van der Waals surface area (Å²) in [5.41, 5.74) is -0.277. The first-order chi connectivity index (χ1) is 12.7. The summed E-state index contributed by atoms with van der Waals surface area (Å²) in [4.78, 5) is 24.1. The number of aromatic nitrogens is 3. The second kappa shape index (κ2) is 7.58. The Kier molecular flexibility index (Phi) is 5.38. The van der Waals surface area contributed by atoms with Crippen LogP contribution in [0.2, 0.25) is 0 Å². The van der Waals surface area contributed by atoms with Crippen LogP contribution in [0.3, 0.4) is 0 Å². The molecule has 27 heavy (non-hydrogen) atoms. The van der Waals surface area contributed by atoms with Gasteiger partial charge in [0.1, 0.15) is 11.5 Å². The quantitative estimate of drug-likeness (QED) is 0.817. The molecule has 3 rings (SSSR count). The number of rotatable bonds is 4. The number of anilines is 1. The lowest BCUT2D eigenvalue weighted by molar-refractivity contribution is -0.137. The van der Waals surface area contributed by atoms with Gasteiger partial charge in [0.2, 0.25) is 0 Å². The summed E-state index contributed by atoms with van der Waals surface area (Å²) in [5.74, 6) is 0.517. The third kappa shape index (κ3) is 4.58. The third-order valence-corrected chi connectivity index (χ3v) is 4.81. The van der Waals surface area contributed by atoms with Crippen molar-refractivity contribution in [3.8, 4) is 0 Å². The van der Waals surface area contributed by atoms with E-state index >= 15 is 0 Å². The van der Waals surface area contributed by atoms with Crippen molar-refractivity contribution in [3.63, 3.8) is 0 Å². The van der Waals surface area contributed by atoms with Gasteiger partial charge in [-0.1, -0.05) is 0 Å². The number of alkyl halides is 3. The summed E-state index contributed by atoms with van der Waals surface area (Å²) in [5, 5.41) is 0.